The molecule has 160 valence electrons. The van der Waals surface area contributed by atoms with E-state index in [2.05, 4.69) is 15.4 Å². The van der Waals surface area contributed by atoms with Gasteiger partial charge in [-0.25, -0.2) is 14.5 Å². The van der Waals surface area contributed by atoms with Crippen molar-refractivity contribution in [2.45, 2.75) is 13.8 Å². The van der Waals surface area contributed by atoms with Gasteiger partial charge in [-0.2, -0.15) is 5.10 Å². The smallest absolute Gasteiger partial charge is 0.359 e. The summed E-state index contributed by atoms with van der Waals surface area (Å²) in [6.07, 6.45) is 0. The van der Waals surface area contributed by atoms with Crippen LogP contribution >= 0.6 is 11.6 Å². The number of ether oxygens (including phenoxy) is 2. The average molecular weight is 443 g/mol. The van der Waals surface area contributed by atoms with Gasteiger partial charge in [-0.1, -0.05) is 11.6 Å². The number of aryl methyl sites for hydroxylation is 2. The van der Waals surface area contributed by atoms with Crippen LogP contribution in [-0.2, 0) is 9.53 Å². The lowest BCUT2D eigenvalue weighted by Gasteiger charge is -2.09. The summed E-state index contributed by atoms with van der Waals surface area (Å²) in [6, 6.07) is 11.1. The van der Waals surface area contributed by atoms with E-state index in [0.717, 1.165) is 11.4 Å². The average Bonchev–Trinajstić information content (AvgIpc) is 3.10. The number of hydrogen-bond donors (Lipinski definition) is 1. The number of nitrogens with zero attached hydrogens (tertiary/aromatic N) is 3. The van der Waals surface area contributed by atoms with E-state index >= 15 is 0 Å². The van der Waals surface area contributed by atoms with Gasteiger partial charge in [0.05, 0.1) is 17.8 Å². The van der Waals surface area contributed by atoms with Crippen molar-refractivity contribution >= 4 is 29.4 Å². The molecular formula is C21H19ClN4O5. The molecule has 3 rings (SSSR count). The zero-order valence-corrected chi connectivity index (χ0v) is 17.8. The number of nitrogens with one attached hydrogen (secondary N) is 1. The number of amides is 2. The maximum absolute atomic E-state index is 12.4. The van der Waals surface area contributed by atoms with Crippen molar-refractivity contribution in [2.24, 2.45) is 0 Å². The fourth-order valence-electron chi connectivity index (χ4n) is 2.73. The summed E-state index contributed by atoms with van der Waals surface area (Å²) in [5.74, 6) is -1.38. The lowest BCUT2D eigenvalue weighted by molar-refractivity contribution is -0.123. The second-order valence-electron chi connectivity index (χ2n) is 6.52. The van der Waals surface area contributed by atoms with Gasteiger partial charge >= 0.3 is 5.97 Å². The number of benzene rings is 1. The van der Waals surface area contributed by atoms with Gasteiger partial charge < -0.3 is 9.47 Å². The zero-order valence-electron chi connectivity index (χ0n) is 17.0. The van der Waals surface area contributed by atoms with Gasteiger partial charge in [-0.15, -0.1) is 0 Å². The molecule has 0 aliphatic heterocycles. The first-order valence-electron chi connectivity index (χ1n) is 9.14. The maximum atomic E-state index is 12.4. The second-order valence-corrected chi connectivity index (χ2v) is 6.93. The fourth-order valence-corrected chi connectivity index (χ4v) is 2.91. The van der Waals surface area contributed by atoms with Crippen LogP contribution < -0.4 is 10.1 Å². The van der Waals surface area contributed by atoms with E-state index in [4.69, 9.17) is 21.1 Å². The molecule has 1 N–H and O–H groups in total. The van der Waals surface area contributed by atoms with E-state index in [1.54, 1.807) is 22.9 Å². The summed E-state index contributed by atoms with van der Waals surface area (Å²) >= 11 is 6.07. The molecule has 0 bridgehead atoms. The summed E-state index contributed by atoms with van der Waals surface area (Å²) in [5, 5.41) is 6.51. The molecule has 0 saturated carbocycles. The summed E-state index contributed by atoms with van der Waals surface area (Å²) in [6.45, 7) is 3.00. The number of carbonyl (C=O) groups excluding carboxylic acids is 3. The Morgan fingerprint density at radius 1 is 1.10 bits per heavy atom. The molecule has 0 fully saturated rings. The third-order valence-corrected chi connectivity index (χ3v) is 4.50. The molecule has 2 aromatic heterocycles. The van der Waals surface area contributed by atoms with Crippen LogP contribution in [0.3, 0.4) is 0 Å². The highest BCUT2D eigenvalue weighted by Gasteiger charge is 2.19. The summed E-state index contributed by atoms with van der Waals surface area (Å²) in [4.78, 5) is 40.7. The Kier molecular flexibility index (Phi) is 6.66. The van der Waals surface area contributed by atoms with E-state index in [1.807, 2.05) is 19.9 Å². The summed E-state index contributed by atoms with van der Waals surface area (Å²) in [5.41, 5.74) is 1.70. The van der Waals surface area contributed by atoms with E-state index in [9.17, 15) is 14.4 Å². The first kappa shape index (κ1) is 22.0. The Hall–Kier alpha value is -3.72. The molecule has 1 aromatic carbocycles. The van der Waals surface area contributed by atoms with Crippen LogP contribution in [0.2, 0.25) is 5.02 Å². The van der Waals surface area contributed by atoms with Gasteiger partial charge in [-0.05, 0) is 56.3 Å². The van der Waals surface area contributed by atoms with Crippen molar-refractivity contribution in [3.05, 3.63) is 70.1 Å². The zero-order chi connectivity index (χ0) is 22.5. The standard InChI is InChI=1S/C21H19ClN4O5/c1-12-10-13(2)26(25-12)17-9-8-16(22)19(23-17)21(29)31-11-18(27)24-20(28)14-4-6-15(30-3)7-5-14/h4-10H,11H2,1-3H3,(H,24,27,28). The number of carbonyl (C=O) groups is 3. The molecule has 0 atom stereocenters. The predicted octanol–water partition coefficient (Wildman–Crippen LogP) is 2.66. The van der Waals surface area contributed by atoms with Crippen molar-refractivity contribution in [2.75, 3.05) is 13.7 Å². The molecular weight excluding hydrogens is 424 g/mol. The molecule has 2 heterocycles. The molecule has 0 radical (unpaired) electrons. The molecule has 2 amide bonds. The van der Waals surface area contributed by atoms with Crippen molar-refractivity contribution in [3.8, 4) is 11.6 Å². The van der Waals surface area contributed by atoms with Crippen molar-refractivity contribution in [1.29, 1.82) is 0 Å². The molecule has 0 aliphatic rings. The Bertz CT molecular complexity index is 1140. The SMILES string of the molecule is COc1ccc(C(=O)NC(=O)COC(=O)c2nc(-n3nc(C)cc3C)ccc2Cl)cc1. The molecule has 0 spiro atoms. The molecule has 3 aromatic rings. The normalized spacial score (nSPS) is 10.5. The van der Waals surface area contributed by atoms with Crippen molar-refractivity contribution in [3.63, 3.8) is 0 Å². The van der Waals surface area contributed by atoms with Crippen LogP contribution in [0.25, 0.3) is 5.82 Å². The Balaban J connectivity index is 1.63. The number of imide groups is 1. The number of methoxy groups -OCH3 is 1. The van der Waals surface area contributed by atoms with E-state index in [-0.39, 0.29) is 16.3 Å². The van der Waals surface area contributed by atoms with E-state index < -0.39 is 24.4 Å². The van der Waals surface area contributed by atoms with Gasteiger partial charge in [0.25, 0.3) is 11.8 Å². The quantitative estimate of drug-likeness (QED) is 0.584. The van der Waals surface area contributed by atoms with Crippen LogP contribution in [-0.4, -0.2) is 46.3 Å². The van der Waals surface area contributed by atoms with Gasteiger partial charge in [0, 0.05) is 11.3 Å². The van der Waals surface area contributed by atoms with Crippen molar-refractivity contribution < 1.29 is 23.9 Å². The van der Waals surface area contributed by atoms with Crippen LogP contribution in [0.5, 0.6) is 5.75 Å². The second kappa shape index (κ2) is 9.40. The number of esters is 1. The monoisotopic (exact) mass is 442 g/mol. The van der Waals surface area contributed by atoms with Gasteiger partial charge in [0.2, 0.25) is 0 Å². The van der Waals surface area contributed by atoms with Gasteiger partial charge in [-0.3, -0.25) is 14.9 Å². The molecule has 10 heteroatoms. The predicted molar refractivity (Wildman–Crippen MR) is 112 cm³/mol. The minimum atomic E-state index is -0.902. The lowest BCUT2D eigenvalue weighted by atomic mass is 10.2. The number of halogens is 1. The fraction of sp³-hybridized carbons (Fsp3) is 0.190. The van der Waals surface area contributed by atoms with Crippen molar-refractivity contribution in [1.82, 2.24) is 20.1 Å². The minimum Gasteiger partial charge on any atom is -0.497 e. The number of aromatic nitrogens is 3. The number of pyridine rings is 1. The highest BCUT2D eigenvalue weighted by atomic mass is 35.5. The Morgan fingerprint density at radius 2 is 1.81 bits per heavy atom. The third kappa shape index (κ3) is 5.26. The third-order valence-electron chi connectivity index (χ3n) is 4.19. The van der Waals surface area contributed by atoms with E-state index in [0.29, 0.717) is 11.6 Å². The first-order chi connectivity index (χ1) is 14.8. The largest absolute Gasteiger partial charge is 0.497 e. The Labute approximate surface area is 182 Å². The summed E-state index contributed by atoms with van der Waals surface area (Å²) < 4.78 is 11.5. The maximum Gasteiger partial charge on any atom is 0.359 e. The lowest BCUT2D eigenvalue weighted by Crippen LogP contribution is -2.34. The highest BCUT2D eigenvalue weighted by Crippen LogP contribution is 2.18. The van der Waals surface area contributed by atoms with Crippen LogP contribution in [0, 0.1) is 13.8 Å². The number of hydrogen-bond acceptors (Lipinski definition) is 7. The summed E-state index contributed by atoms with van der Waals surface area (Å²) in [7, 11) is 1.50. The van der Waals surface area contributed by atoms with Crippen LogP contribution in [0.1, 0.15) is 32.2 Å². The molecule has 0 saturated heterocycles. The topological polar surface area (TPSA) is 112 Å². The minimum absolute atomic E-state index is 0.0602. The Morgan fingerprint density at radius 3 is 2.42 bits per heavy atom. The molecule has 9 nitrogen and oxygen atoms in total. The highest BCUT2D eigenvalue weighted by molar-refractivity contribution is 6.33. The van der Waals surface area contributed by atoms with Gasteiger partial charge in [0.15, 0.2) is 18.1 Å². The number of rotatable bonds is 6. The van der Waals surface area contributed by atoms with Crippen LogP contribution in [0.4, 0.5) is 0 Å². The molecule has 0 aliphatic carbocycles. The molecule has 31 heavy (non-hydrogen) atoms. The van der Waals surface area contributed by atoms with E-state index in [1.165, 1.54) is 25.3 Å². The first-order valence-corrected chi connectivity index (χ1v) is 9.52. The van der Waals surface area contributed by atoms with Crippen LogP contribution in [0.15, 0.2) is 42.5 Å². The molecule has 0 unspecified atom stereocenters. The van der Waals surface area contributed by atoms with Gasteiger partial charge in [0.1, 0.15) is 5.75 Å².